The summed E-state index contributed by atoms with van der Waals surface area (Å²) >= 11 is 1.75. The van der Waals surface area contributed by atoms with E-state index in [0.717, 1.165) is 25.5 Å². The van der Waals surface area contributed by atoms with E-state index in [1.807, 2.05) is 19.4 Å². The highest BCUT2D eigenvalue weighted by Crippen LogP contribution is 2.24. The number of imidazole rings is 1. The number of nitrogens with one attached hydrogen (secondary N) is 1. The number of aromatic nitrogens is 2. The van der Waals surface area contributed by atoms with Crippen LogP contribution in [0.4, 0.5) is 0 Å². The molecule has 0 aliphatic carbocycles. The van der Waals surface area contributed by atoms with E-state index < -0.39 is 0 Å². The molecule has 1 unspecified atom stereocenters. The minimum absolute atomic E-state index is 0.127. The zero-order valence-corrected chi connectivity index (χ0v) is 13.8. The lowest BCUT2D eigenvalue weighted by atomic mass is 10.2. The van der Waals surface area contributed by atoms with E-state index in [9.17, 15) is 0 Å². The van der Waals surface area contributed by atoms with Crippen LogP contribution in [0.15, 0.2) is 29.9 Å². The number of hydrogen-bond donors (Lipinski definition) is 1. The molecule has 0 aliphatic rings. The molecule has 6 heteroatoms. The third-order valence-electron chi connectivity index (χ3n) is 3.22. The van der Waals surface area contributed by atoms with Crippen LogP contribution in [0, 0.1) is 0 Å². The first-order chi connectivity index (χ1) is 10.2. The van der Waals surface area contributed by atoms with E-state index >= 15 is 0 Å². The summed E-state index contributed by atoms with van der Waals surface area (Å²) in [6.45, 7) is 3.23. The summed E-state index contributed by atoms with van der Waals surface area (Å²) in [7, 11) is 6.13. The van der Waals surface area contributed by atoms with Gasteiger partial charge in [0.25, 0.3) is 0 Å². The largest absolute Gasteiger partial charge is 0.379 e. The Morgan fingerprint density at radius 2 is 2.29 bits per heavy atom. The van der Waals surface area contributed by atoms with Gasteiger partial charge in [-0.15, -0.1) is 11.3 Å². The summed E-state index contributed by atoms with van der Waals surface area (Å²) in [5.41, 5.74) is 0. The molecule has 116 valence electrons. The molecule has 2 heterocycles. The monoisotopic (exact) mass is 308 g/mol. The minimum atomic E-state index is 0.127. The lowest BCUT2D eigenvalue weighted by Crippen LogP contribution is -2.28. The molecule has 0 saturated carbocycles. The van der Waals surface area contributed by atoms with Crippen LogP contribution in [0.1, 0.15) is 16.7 Å². The summed E-state index contributed by atoms with van der Waals surface area (Å²) in [5, 5.41) is 5.64. The number of ether oxygens (including phenoxy) is 1. The van der Waals surface area contributed by atoms with Crippen LogP contribution in [0.25, 0.3) is 0 Å². The zero-order chi connectivity index (χ0) is 15.1. The van der Waals surface area contributed by atoms with Gasteiger partial charge in [-0.2, -0.15) is 0 Å². The van der Waals surface area contributed by atoms with Crippen molar-refractivity contribution < 1.29 is 4.74 Å². The third-order valence-corrected chi connectivity index (χ3v) is 4.16. The normalized spacial score (nSPS) is 13.0. The van der Waals surface area contributed by atoms with Gasteiger partial charge >= 0.3 is 0 Å². The number of hydrogen-bond acceptors (Lipinski definition) is 5. The van der Waals surface area contributed by atoms with Crippen LogP contribution in [0.3, 0.4) is 0 Å². The number of thiophene rings is 1. The van der Waals surface area contributed by atoms with Gasteiger partial charge in [-0.1, -0.05) is 6.07 Å². The zero-order valence-electron chi connectivity index (χ0n) is 13.0. The van der Waals surface area contributed by atoms with Crippen molar-refractivity contribution in [3.8, 4) is 0 Å². The predicted octanol–water partition coefficient (Wildman–Crippen LogP) is 1.74. The van der Waals surface area contributed by atoms with Crippen molar-refractivity contribution in [3.63, 3.8) is 0 Å². The number of likely N-dealkylation sites (N-methyl/N-ethyl adjacent to an activating group) is 1. The first-order valence-corrected chi connectivity index (χ1v) is 8.03. The van der Waals surface area contributed by atoms with Gasteiger partial charge in [0.05, 0.1) is 13.2 Å². The molecular formula is C15H24N4OS. The lowest BCUT2D eigenvalue weighted by Gasteiger charge is -2.17. The summed E-state index contributed by atoms with van der Waals surface area (Å²) in [5.74, 6) is 1.03. The summed E-state index contributed by atoms with van der Waals surface area (Å²) < 4.78 is 7.69. The summed E-state index contributed by atoms with van der Waals surface area (Å²) in [4.78, 5) is 7.87. The second-order valence-corrected chi connectivity index (χ2v) is 6.19. The molecule has 0 amide bonds. The van der Waals surface area contributed by atoms with E-state index in [1.165, 1.54) is 4.88 Å². The molecule has 0 fully saturated rings. The first kappa shape index (κ1) is 16.2. The number of rotatable bonds is 9. The SMILES string of the molecule is CN(C)CCOCCNC(c1cccs1)c1nccn1C. The van der Waals surface area contributed by atoms with Gasteiger partial charge in [0, 0.05) is 37.4 Å². The van der Waals surface area contributed by atoms with Crippen molar-refractivity contribution >= 4 is 11.3 Å². The molecule has 0 saturated heterocycles. The van der Waals surface area contributed by atoms with E-state index in [4.69, 9.17) is 4.74 Å². The molecule has 2 aromatic heterocycles. The second-order valence-electron chi connectivity index (χ2n) is 5.21. The molecule has 21 heavy (non-hydrogen) atoms. The maximum atomic E-state index is 5.63. The third kappa shape index (κ3) is 4.93. The summed E-state index contributed by atoms with van der Waals surface area (Å²) in [6, 6.07) is 4.34. The van der Waals surface area contributed by atoms with Crippen molar-refractivity contribution in [3.05, 3.63) is 40.6 Å². The molecule has 1 atom stereocenters. The average Bonchev–Trinajstić information content (AvgIpc) is 3.10. The van der Waals surface area contributed by atoms with Crippen LogP contribution in [-0.2, 0) is 11.8 Å². The molecule has 2 rings (SSSR count). The first-order valence-electron chi connectivity index (χ1n) is 7.15. The predicted molar refractivity (Wildman–Crippen MR) is 86.7 cm³/mol. The second kappa shape index (κ2) is 8.29. The maximum absolute atomic E-state index is 5.63. The number of nitrogens with zero attached hydrogens (tertiary/aromatic N) is 3. The van der Waals surface area contributed by atoms with Gasteiger partial charge in [0.1, 0.15) is 11.9 Å². The van der Waals surface area contributed by atoms with E-state index in [-0.39, 0.29) is 6.04 Å². The van der Waals surface area contributed by atoms with Gasteiger partial charge in [0.15, 0.2) is 0 Å². The van der Waals surface area contributed by atoms with Gasteiger partial charge in [-0.3, -0.25) is 0 Å². The highest BCUT2D eigenvalue weighted by molar-refractivity contribution is 7.10. The van der Waals surface area contributed by atoms with E-state index in [2.05, 4.69) is 51.4 Å². The van der Waals surface area contributed by atoms with Crippen molar-refractivity contribution in [2.45, 2.75) is 6.04 Å². The Labute approximate surface area is 130 Å². The van der Waals surface area contributed by atoms with Gasteiger partial charge in [-0.25, -0.2) is 4.98 Å². The van der Waals surface area contributed by atoms with Crippen LogP contribution in [0.2, 0.25) is 0 Å². The minimum Gasteiger partial charge on any atom is -0.379 e. The highest BCUT2D eigenvalue weighted by Gasteiger charge is 2.18. The fraction of sp³-hybridized carbons (Fsp3) is 0.533. The van der Waals surface area contributed by atoms with Crippen molar-refractivity contribution in [2.75, 3.05) is 40.4 Å². The fourth-order valence-corrected chi connectivity index (χ4v) is 2.85. The fourth-order valence-electron chi connectivity index (χ4n) is 2.05. The molecular weight excluding hydrogens is 284 g/mol. The molecule has 0 radical (unpaired) electrons. The highest BCUT2D eigenvalue weighted by atomic mass is 32.1. The summed E-state index contributed by atoms with van der Waals surface area (Å²) in [6.07, 6.45) is 3.82. The van der Waals surface area contributed by atoms with Crippen LogP contribution in [0.5, 0.6) is 0 Å². The topological polar surface area (TPSA) is 42.3 Å². The Hall–Kier alpha value is -1.21. The standard InChI is InChI=1S/C15H24N4OS/c1-18(2)9-11-20-10-7-16-14(13-5-4-12-21-13)15-17-6-8-19(15)3/h4-6,8,12,14,16H,7,9-11H2,1-3H3. The van der Waals surface area contributed by atoms with Crippen molar-refractivity contribution in [1.29, 1.82) is 0 Å². The van der Waals surface area contributed by atoms with Crippen molar-refractivity contribution in [2.24, 2.45) is 7.05 Å². The Balaban J connectivity index is 1.85. The lowest BCUT2D eigenvalue weighted by molar-refractivity contribution is 0.118. The Morgan fingerprint density at radius 3 is 2.90 bits per heavy atom. The molecule has 0 aliphatic heterocycles. The Morgan fingerprint density at radius 1 is 1.43 bits per heavy atom. The van der Waals surface area contributed by atoms with Gasteiger partial charge in [-0.05, 0) is 25.5 Å². The number of aryl methyl sites for hydroxylation is 1. The molecule has 0 bridgehead atoms. The van der Waals surface area contributed by atoms with Crippen LogP contribution >= 0.6 is 11.3 Å². The molecule has 2 aromatic rings. The maximum Gasteiger partial charge on any atom is 0.131 e. The Kier molecular flexibility index (Phi) is 6.38. The van der Waals surface area contributed by atoms with E-state index in [0.29, 0.717) is 6.61 Å². The molecule has 0 aromatic carbocycles. The van der Waals surface area contributed by atoms with Gasteiger partial charge in [0.2, 0.25) is 0 Å². The molecule has 0 spiro atoms. The van der Waals surface area contributed by atoms with E-state index in [1.54, 1.807) is 11.3 Å². The van der Waals surface area contributed by atoms with Crippen molar-refractivity contribution in [1.82, 2.24) is 19.8 Å². The average molecular weight is 308 g/mol. The van der Waals surface area contributed by atoms with Crippen LogP contribution in [-0.4, -0.2) is 54.8 Å². The Bertz CT molecular complexity index is 509. The quantitative estimate of drug-likeness (QED) is 0.717. The smallest absolute Gasteiger partial charge is 0.131 e. The molecule has 1 N–H and O–H groups in total. The van der Waals surface area contributed by atoms with Crippen LogP contribution < -0.4 is 5.32 Å². The van der Waals surface area contributed by atoms with Gasteiger partial charge < -0.3 is 19.5 Å². The molecule has 5 nitrogen and oxygen atoms in total.